The first-order valence-corrected chi connectivity index (χ1v) is 8.17. The number of sulfone groups is 1. The van der Waals surface area contributed by atoms with Gasteiger partial charge in [-0.3, -0.25) is 0 Å². The van der Waals surface area contributed by atoms with Gasteiger partial charge in [0, 0.05) is 0 Å². The summed E-state index contributed by atoms with van der Waals surface area (Å²) in [4.78, 5) is -0.150. The minimum Gasteiger partial charge on any atom is -0.218 e. The highest BCUT2D eigenvalue weighted by Crippen LogP contribution is 2.19. The van der Waals surface area contributed by atoms with E-state index in [4.69, 9.17) is 5.26 Å². The van der Waals surface area contributed by atoms with Crippen LogP contribution in [-0.2, 0) is 9.84 Å². The molecular formula is C18H15NO2S. The first-order valence-electron chi connectivity index (χ1n) is 6.69. The van der Waals surface area contributed by atoms with Crippen molar-refractivity contribution in [3.05, 3.63) is 82.8 Å². The number of nitriles is 1. The second-order valence-corrected chi connectivity index (χ2v) is 6.65. The van der Waals surface area contributed by atoms with Gasteiger partial charge in [-0.15, -0.1) is 0 Å². The first-order chi connectivity index (χ1) is 10.5. The van der Waals surface area contributed by atoms with E-state index in [0.717, 1.165) is 11.1 Å². The molecule has 0 aliphatic carbocycles. The van der Waals surface area contributed by atoms with Gasteiger partial charge >= 0.3 is 0 Å². The van der Waals surface area contributed by atoms with E-state index in [2.05, 4.69) is 0 Å². The number of hydrogen-bond acceptors (Lipinski definition) is 3. The van der Waals surface area contributed by atoms with Crippen LogP contribution in [0.5, 0.6) is 0 Å². The first kappa shape index (κ1) is 15.7. The van der Waals surface area contributed by atoms with Crippen molar-refractivity contribution in [3.63, 3.8) is 0 Å². The van der Waals surface area contributed by atoms with E-state index in [1.807, 2.05) is 37.3 Å². The Morgan fingerprint density at radius 3 is 2.27 bits per heavy atom. The summed E-state index contributed by atoms with van der Waals surface area (Å²) in [6.45, 7) is 1.88. The molecule has 110 valence electrons. The van der Waals surface area contributed by atoms with E-state index < -0.39 is 9.84 Å². The van der Waals surface area contributed by atoms with Crippen molar-refractivity contribution < 1.29 is 8.42 Å². The highest BCUT2D eigenvalue weighted by Gasteiger charge is 2.19. The molecule has 3 nitrogen and oxygen atoms in total. The minimum absolute atomic E-state index is 0.124. The molecule has 0 aromatic heterocycles. The van der Waals surface area contributed by atoms with E-state index in [9.17, 15) is 8.42 Å². The molecular weight excluding hydrogens is 294 g/mol. The maximum Gasteiger partial charge on any atom is 0.216 e. The Morgan fingerprint density at radius 2 is 1.68 bits per heavy atom. The fourth-order valence-corrected chi connectivity index (χ4v) is 2.97. The van der Waals surface area contributed by atoms with Crippen molar-refractivity contribution in [3.8, 4) is 6.07 Å². The average Bonchev–Trinajstić information content (AvgIpc) is 2.53. The van der Waals surface area contributed by atoms with E-state index >= 15 is 0 Å². The van der Waals surface area contributed by atoms with Crippen LogP contribution in [0.3, 0.4) is 0 Å². The third kappa shape index (κ3) is 3.72. The third-order valence-electron chi connectivity index (χ3n) is 3.07. The molecule has 2 aromatic rings. The molecule has 0 atom stereocenters. The summed E-state index contributed by atoms with van der Waals surface area (Å²) in [5.74, 6) is 0. The van der Waals surface area contributed by atoms with Crippen molar-refractivity contribution in [2.75, 3.05) is 0 Å². The molecule has 0 N–H and O–H groups in total. The van der Waals surface area contributed by atoms with Crippen molar-refractivity contribution in [2.45, 2.75) is 11.8 Å². The lowest BCUT2D eigenvalue weighted by Crippen LogP contribution is -2.03. The predicted molar refractivity (Wildman–Crippen MR) is 87.5 cm³/mol. The van der Waals surface area contributed by atoms with Crippen LogP contribution in [0, 0.1) is 18.3 Å². The van der Waals surface area contributed by atoms with Crippen LogP contribution < -0.4 is 0 Å². The Kier molecular flexibility index (Phi) is 4.92. The van der Waals surface area contributed by atoms with Gasteiger partial charge in [-0.1, -0.05) is 60.2 Å². The number of benzene rings is 2. The lowest BCUT2D eigenvalue weighted by Gasteiger charge is -2.02. The zero-order valence-electron chi connectivity index (χ0n) is 12.1. The van der Waals surface area contributed by atoms with Gasteiger partial charge in [-0.25, -0.2) is 8.42 Å². The number of hydrogen-bond donors (Lipinski definition) is 0. The SMILES string of the molecule is Cc1ccc(S(=O)(=O)/C(C#N)=C/C=C\c2ccccc2)cc1. The second-order valence-electron chi connectivity index (χ2n) is 4.73. The highest BCUT2D eigenvalue weighted by atomic mass is 32.2. The molecule has 0 radical (unpaired) electrons. The van der Waals surface area contributed by atoms with Crippen molar-refractivity contribution >= 4 is 15.9 Å². The van der Waals surface area contributed by atoms with Gasteiger partial charge in [0.05, 0.1) is 4.90 Å². The molecule has 22 heavy (non-hydrogen) atoms. The van der Waals surface area contributed by atoms with Crippen LogP contribution in [0.4, 0.5) is 0 Å². The summed E-state index contributed by atoms with van der Waals surface area (Å²) in [5, 5.41) is 9.14. The summed E-state index contributed by atoms with van der Waals surface area (Å²) in [5.41, 5.74) is 1.90. The van der Waals surface area contributed by atoms with Crippen LogP contribution in [0.2, 0.25) is 0 Å². The molecule has 2 aromatic carbocycles. The summed E-state index contributed by atoms with van der Waals surface area (Å²) in [6, 6.07) is 17.7. The van der Waals surface area contributed by atoms with E-state index in [1.54, 1.807) is 30.4 Å². The van der Waals surface area contributed by atoms with E-state index in [-0.39, 0.29) is 9.80 Å². The molecule has 0 bridgehead atoms. The maximum atomic E-state index is 12.4. The second kappa shape index (κ2) is 6.88. The lowest BCUT2D eigenvalue weighted by molar-refractivity contribution is 0.603. The average molecular weight is 309 g/mol. The standard InChI is InChI=1S/C18H15NO2S/c1-15-10-12-17(13-11-15)22(20,21)18(14-19)9-5-8-16-6-3-2-4-7-16/h2-13H,1H3/b8-5-,18-9+. The van der Waals surface area contributed by atoms with Gasteiger partial charge in [0.15, 0.2) is 0 Å². The lowest BCUT2D eigenvalue weighted by atomic mass is 10.2. The van der Waals surface area contributed by atoms with Gasteiger partial charge in [0.1, 0.15) is 11.0 Å². The summed E-state index contributed by atoms with van der Waals surface area (Å²) in [7, 11) is -3.77. The molecule has 0 unspecified atom stereocenters. The summed E-state index contributed by atoms with van der Waals surface area (Å²) >= 11 is 0. The normalized spacial score (nSPS) is 12.3. The van der Waals surface area contributed by atoms with Gasteiger partial charge < -0.3 is 0 Å². The smallest absolute Gasteiger partial charge is 0.216 e. The number of aryl methyl sites for hydroxylation is 1. The van der Waals surface area contributed by atoms with Crippen LogP contribution in [0.1, 0.15) is 11.1 Å². The Balaban J connectivity index is 2.31. The van der Waals surface area contributed by atoms with Crippen LogP contribution >= 0.6 is 0 Å². The molecule has 4 heteroatoms. The predicted octanol–water partition coefficient (Wildman–Crippen LogP) is 3.89. The Morgan fingerprint density at radius 1 is 1.05 bits per heavy atom. The molecule has 0 fully saturated rings. The molecule has 0 spiro atoms. The maximum absolute atomic E-state index is 12.4. The van der Waals surface area contributed by atoms with E-state index in [0.29, 0.717) is 0 Å². The number of rotatable bonds is 4. The molecule has 0 aliphatic rings. The Labute approximate surface area is 130 Å². The number of nitrogens with zero attached hydrogens (tertiary/aromatic N) is 1. The minimum atomic E-state index is -3.77. The summed E-state index contributed by atoms with van der Waals surface area (Å²) < 4.78 is 24.8. The number of allylic oxidation sites excluding steroid dienone is 3. The molecule has 0 heterocycles. The van der Waals surface area contributed by atoms with Gasteiger partial charge in [0.2, 0.25) is 9.84 Å². The van der Waals surface area contributed by atoms with Gasteiger partial charge in [-0.2, -0.15) is 5.26 Å². The Hall–Kier alpha value is -2.64. The molecule has 0 saturated heterocycles. The van der Waals surface area contributed by atoms with Gasteiger partial charge in [-0.05, 0) is 30.7 Å². The fourth-order valence-electron chi connectivity index (χ4n) is 1.84. The largest absolute Gasteiger partial charge is 0.218 e. The van der Waals surface area contributed by atoms with Crippen LogP contribution in [0.15, 0.2) is 76.5 Å². The molecule has 0 saturated carbocycles. The van der Waals surface area contributed by atoms with E-state index in [1.165, 1.54) is 18.2 Å². The fraction of sp³-hybridized carbons (Fsp3) is 0.0556. The topological polar surface area (TPSA) is 57.9 Å². The zero-order valence-corrected chi connectivity index (χ0v) is 12.9. The zero-order chi connectivity index (χ0) is 16.0. The molecule has 0 amide bonds. The summed E-state index contributed by atoms with van der Waals surface area (Å²) in [6.07, 6.45) is 4.64. The highest BCUT2D eigenvalue weighted by molar-refractivity contribution is 7.95. The van der Waals surface area contributed by atoms with Gasteiger partial charge in [0.25, 0.3) is 0 Å². The van der Waals surface area contributed by atoms with Crippen molar-refractivity contribution in [1.29, 1.82) is 5.26 Å². The van der Waals surface area contributed by atoms with Crippen LogP contribution in [0.25, 0.3) is 6.08 Å². The molecule has 0 aliphatic heterocycles. The monoisotopic (exact) mass is 309 g/mol. The van der Waals surface area contributed by atoms with Crippen molar-refractivity contribution in [1.82, 2.24) is 0 Å². The van der Waals surface area contributed by atoms with Crippen LogP contribution in [-0.4, -0.2) is 8.42 Å². The van der Waals surface area contributed by atoms with Crippen molar-refractivity contribution in [2.24, 2.45) is 0 Å². The third-order valence-corrected chi connectivity index (χ3v) is 4.77. The quantitative estimate of drug-likeness (QED) is 0.636. The Bertz CT molecular complexity index is 840. The molecule has 2 rings (SSSR count).